The smallest absolute Gasteiger partial charge is 0.303 e. The Morgan fingerprint density at radius 2 is 1.84 bits per heavy atom. The monoisotopic (exact) mass is 343 g/mol. The standard InChI is InChI=1S/C19H21NO5/c1-13-5-6-14(12-17(13)24-2)19(23)20-15-7-9-16(10-8-15)25-11-3-4-18(21)22/h5-10,12H,3-4,11H2,1-2H3,(H,20,23)(H,21,22). The highest BCUT2D eigenvalue weighted by Crippen LogP contribution is 2.21. The minimum absolute atomic E-state index is 0.0775. The first-order valence-electron chi connectivity index (χ1n) is 7.90. The minimum atomic E-state index is -0.839. The van der Waals surface area contributed by atoms with Crippen LogP contribution in [0.4, 0.5) is 5.69 Å². The zero-order chi connectivity index (χ0) is 18.2. The first kappa shape index (κ1) is 18.3. The fourth-order valence-corrected chi connectivity index (χ4v) is 2.21. The molecule has 0 aliphatic heterocycles. The number of aryl methyl sites for hydroxylation is 1. The summed E-state index contributed by atoms with van der Waals surface area (Å²) in [5.74, 6) is 0.223. The first-order chi connectivity index (χ1) is 12.0. The number of anilines is 1. The molecule has 2 aromatic rings. The molecule has 25 heavy (non-hydrogen) atoms. The van der Waals surface area contributed by atoms with Gasteiger partial charge >= 0.3 is 5.97 Å². The van der Waals surface area contributed by atoms with Crippen molar-refractivity contribution in [1.29, 1.82) is 0 Å². The highest BCUT2D eigenvalue weighted by Gasteiger charge is 2.09. The molecule has 0 aliphatic carbocycles. The number of amides is 1. The molecule has 0 aliphatic rings. The third-order valence-electron chi connectivity index (χ3n) is 3.59. The van der Waals surface area contributed by atoms with Crippen molar-refractivity contribution in [2.45, 2.75) is 19.8 Å². The topological polar surface area (TPSA) is 84.9 Å². The Bertz CT molecular complexity index is 740. The highest BCUT2D eigenvalue weighted by molar-refractivity contribution is 6.04. The Balaban J connectivity index is 1.92. The Morgan fingerprint density at radius 1 is 1.12 bits per heavy atom. The second-order valence-electron chi connectivity index (χ2n) is 5.51. The number of ether oxygens (including phenoxy) is 2. The molecule has 0 aromatic heterocycles. The van der Waals surface area contributed by atoms with Crippen LogP contribution in [0.3, 0.4) is 0 Å². The van der Waals surface area contributed by atoms with Crippen LogP contribution in [0.1, 0.15) is 28.8 Å². The van der Waals surface area contributed by atoms with E-state index in [2.05, 4.69) is 5.32 Å². The van der Waals surface area contributed by atoms with Crippen molar-refractivity contribution in [2.24, 2.45) is 0 Å². The summed E-state index contributed by atoms with van der Waals surface area (Å²) < 4.78 is 10.7. The summed E-state index contributed by atoms with van der Waals surface area (Å²) in [6.07, 6.45) is 0.525. The molecule has 1 amide bonds. The number of benzene rings is 2. The Kier molecular flexibility index (Phi) is 6.39. The van der Waals surface area contributed by atoms with Gasteiger partial charge in [0.25, 0.3) is 5.91 Å². The van der Waals surface area contributed by atoms with Crippen LogP contribution in [-0.4, -0.2) is 30.7 Å². The van der Waals surface area contributed by atoms with E-state index in [4.69, 9.17) is 14.6 Å². The van der Waals surface area contributed by atoms with Gasteiger partial charge in [0.2, 0.25) is 0 Å². The lowest BCUT2D eigenvalue weighted by Crippen LogP contribution is -2.12. The van der Waals surface area contributed by atoms with Crippen LogP contribution in [0.25, 0.3) is 0 Å². The van der Waals surface area contributed by atoms with Crippen molar-refractivity contribution >= 4 is 17.6 Å². The van der Waals surface area contributed by atoms with Gasteiger partial charge in [-0.15, -0.1) is 0 Å². The summed E-state index contributed by atoms with van der Waals surface area (Å²) in [7, 11) is 1.57. The SMILES string of the molecule is COc1cc(C(=O)Nc2ccc(OCCCC(=O)O)cc2)ccc1C. The molecule has 2 aromatic carbocycles. The van der Waals surface area contributed by atoms with Crippen molar-refractivity contribution in [1.82, 2.24) is 0 Å². The molecule has 0 heterocycles. The lowest BCUT2D eigenvalue weighted by molar-refractivity contribution is -0.137. The number of hydrogen-bond donors (Lipinski definition) is 2. The lowest BCUT2D eigenvalue weighted by Gasteiger charge is -2.10. The predicted octanol–water partition coefficient (Wildman–Crippen LogP) is 3.50. The van der Waals surface area contributed by atoms with Gasteiger partial charge in [-0.3, -0.25) is 9.59 Å². The fourth-order valence-electron chi connectivity index (χ4n) is 2.21. The zero-order valence-corrected chi connectivity index (χ0v) is 14.2. The van der Waals surface area contributed by atoms with E-state index >= 15 is 0 Å². The van der Waals surface area contributed by atoms with Crippen molar-refractivity contribution < 1.29 is 24.2 Å². The van der Waals surface area contributed by atoms with Gasteiger partial charge in [-0.1, -0.05) is 6.07 Å². The summed E-state index contributed by atoms with van der Waals surface area (Å²) in [6, 6.07) is 12.2. The molecule has 132 valence electrons. The maximum atomic E-state index is 12.3. The van der Waals surface area contributed by atoms with Gasteiger partial charge in [0.15, 0.2) is 0 Å². The summed E-state index contributed by atoms with van der Waals surface area (Å²) in [6.45, 7) is 2.25. The van der Waals surface area contributed by atoms with E-state index < -0.39 is 5.97 Å². The number of hydrogen-bond acceptors (Lipinski definition) is 4. The van der Waals surface area contributed by atoms with Crippen molar-refractivity contribution in [3.8, 4) is 11.5 Å². The van der Waals surface area contributed by atoms with Gasteiger partial charge < -0.3 is 19.9 Å². The van der Waals surface area contributed by atoms with Crippen LogP contribution in [0.5, 0.6) is 11.5 Å². The summed E-state index contributed by atoms with van der Waals surface area (Å²) in [4.78, 5) is 22.7. The summed E-state index contributed by atoms with van der Waals surface area (Å²) >= 11 is 0. The molecule has 0 atom stereocenters. The van der Waals surface area contributed by atoms with Crippen LogP contribution in [0.15, 0.2) is 42.5 Å². The second kappa shape index (κ2) is 8.73. The van der Waals surface area contributed by atoms with E-state index in [-0.39, 0.29) is 12.3 Å². The van der Waals surface area contributed by atoms with Crippen molar-refractivity contribution in [3.05, 3.63) is 53.6 Å². The van der Waals surface area contributed by atoms with Crippen LogP contribution in [-0.2, 0) is 4.79 Å². The van der Waals surface area contributed by atoms with Gasteiger partial charge in [-0.2, -0.15) is 0 Å². The van der Waals surface area contributed by atoms with Gasteiger partial charge in [-0.25, -0.2) is 0 Å². The van der Waals surface area contributed by atoms with Gasteiger partial charge in [0.1, 0.15) is 11.5 Å². The maximum absolute atomic E-state index is 12.3. The Morgan fingerprint density at radius 3 is 2.48 bits per heavy atom. The molecule has 0 spiro atoms. The van der Waals surface area contributed by atoms with E-state index in [9.17, 15) is 9.59 Å². The normalized spacial score (nSPS) is 10.2. The summed E-state index contributed by atoms with van der Waals surface area (Å²) in [5, 5.41) is 11.4. The Hall–Kier alpha value is -3.02. The van der Waals surface area contributed by atoms with Crippen LogP contribution in [0.2, 0.25) is 0 Å². The zero-order valence-electron chi connectivity index (χ0n) is 14.2. The maximum Gasteiger partial charge on any atom is 0.303 e. The molecule has 0 saturated heterocycles. The van der Waals surface area contributed by atoms with E-state index in [0.717, 1.165) is 5.56 Å². The molecule has 2 rings (SSSR count). The fraction of sp³-hybridized carbons (Fsp3) is 0.263. The van der Waals surface area contributed by atoms with Gasteiger partial charge in [0.05, 0.1) is 13.7 Å². The number of carboxylic acid groups (broad SMARTS) is 1. The van der Waals surface area contributed by atoms with Gasteiger partial charge in [-0.05, 0) is 55.3 Å². The average Bonchev–Trinajstić information content (AvgIpc) is 2.60. The largest absolute Gasteiger partial charge is 0.496 e. The molecule has 6 heteroatoms. The highest BCUT2D eigenvalue weighted by atomic mass is 16.5. The number of aliphatic carboxylic acids is 1. The molecule has 0 unspecified atom stereocenters. The van der Waals surface area contributed by atoms with E-state index in [0.29, 0.717) is 35.8 Å². The number of rotatable bonds is 8. The van der Waals surface area contributed by atoms with E-state index in [1.807, 2.05) is 13.0 Å². The van der Waals surface area contributed by atoms with Crippen molar-refractivity contribution in [3.63, 3.8) is 0 Å². The van der Waals surface area contributed by atoms with Crippen molar-refractivity contribution in [2.75, 3.05) is 19.0 Å². The molecular formula is C19H21NO5. The number of nitrogens with one attached hydrogen (secondary N) is 1. The molecular weight excluding hydrogens is 322 g/mol. The average molecular weight is 343 g/mol. The molecule has 0 bridgehead atoms. The van der Waals surface area contributed by atoms with Crippen LogP contribution < -0.4 is 14.8 Å². The van der Waals surface area contributed by atoms with Gasteiger partial charge in [0, 0.05) is 17.7 Å². The van der Waals surface area contributed by atoms with Crippen LogP contribution >= 0.6 is 0 Å². The summed E-state index contributed by atoms with van der Waals surface area (Å²) in [5.41, 5.74) is 2.11. The quantitative estimate of drug-likeness (QED) is 0.717. The second-order valence-corrected chi connectivity index (χ2v) is 5.51. The minimum Gasteiger partial charge on any atom is -0.496 e. The third kappa shape index (κ3) is 5.53. The number of carboxylic acids is 1. The molecule has 2 N–H and O–H groups in total. The number of methoxy groups -OCH3 is 1. The van der Waals surface area contributed by atoms with E-state index in [1.165, 1.54) is 0 Å². The Labute approximate surface area is 146 Å². The van der Waals surface area contributed by atoms with Crippen LogP contribution in [0, 0.1) is 6.92 Å². The number of carbonyl (C=O) groups is 2. The number of carbonyl (C=O) groups excluding carboxylic acids is 1. The molecule has 0 saturated carbocycles. The molecule has 6 nitrogen and oxygen atoms in total. The van der Waals surface area contributed by atoms with E-state index in [1.54, 1.807) is 43.5 Å². The predicted molar refractivity (Wildman–Crippen MR) is 94.5 cm³/mol. The molecule has 0 radical (unpaired) electrons. The first-order valence-corrected chi connectivity index (χ1v) is 7.90. The third-order valence-corrected chi connectivity index (χ3v) is 3.59. The lowest BCUT2D eigenvalue weighted by atomic mass is 10.1. The molecule has 0 fully saturated rings.